The molecule has 2 N–H and O–H groups in total. The average molecular weight is 221 g/mol. The molecular weight excluding hydrogens is 206 g/mol. The molecule has 0 amide bonds. The summed E-state index contributed by atoms with van der Waals surface area (Å²) in [7, 11) is -1.81. The molecule has 82 valence electrons. The minimum atomic E-state index is -3.31. The zero-order valence-electron chi connectivity index (χ0n) is 8.28. The van der Waals surface area contributed by atoms with E-state index in [1.807, 2.05) is 0 Å². The normalized spacial score (nSPS) is 33.1. The first-order valence-corrected chi connectivity index (χ1v) is 6.41. The highest BCUT2D eigenvalue weighted by Gasteiger charge is 2.52. The molecule has 5 nitrogen and oxygen atoms in total. The van der Waals surface area contributed by atoms with Crippen LogP contribution in [-0.4, -0.2) is 43.6 Å². The highest BCUT2D eigenvalue weighted by Crippen LogP contribution is 2.34. The molecule has 0 aromatic heterocycles. The molecule has 14 heavy (non-hydrogen) atoms. The van der Waals surface area contributed by atoms with Crippen LogP contribution >= 0.6 is 0 Å². The third-order valence-corrected chi connectivity index (χ3v) is 4.60. The minimum absolute atomic E-state index is 0.372. The zero-order chi connectivity index (χ0) is 11.0. The summed E-state index contributed by atoms with van der Waals surface area (Å²) in [6.45, 7) is 0. The predicted octanol–water partition coefficient (Wildman–Crippen LogP) is -0.374. The standard InChI is InChI=1S/C8H15NO4S/c1-9-8(7(10)11)5-3-4-6(8)14(2,12)13/h6,9H,3-5H2,1-2H3,(H,10,11). The smallest absolute Gasteiger partial charge is 0.325 e. The Morgan fingerprint density at radius 2 is 2.14 bits per heavy atom. The fraction of sp³-hybridized carbons (Fsp3) is 0.875. The molecule has 1 saturated carbocycles. The molecule has 1 aliphatic carbocycles. The van der Waals surface area contributed by atoms with Crippen LogP contribution in [0.3, 0.4) is 0 Å². The lowest BCUT2D eigenvalue weighted by Gasteiger charge is -2.29. The lowest BCUT2D eigenvalue weighted by Crippen LogP contribution is -2.58. The maximum Gasteiger partial charge on any atom is 0.325 e. The summed E-state index contributed by atoms with van der Waals surface area (Å²) in [6, 6.07) is 0. The van der Waals surface area contributed by atoms with E-state index in [1.165, 1.54) is 7.05 Å². The summed E-state index contributed by atoms with van der Waals surface area (Å²) in [5, 5.41) is 10.9. The topological polar surface area (TPSA) is 83.5 Å². The maximum absolute atomic E-state index is 11.4. The van der Waals surface area contributed by atoms with E-state index in [0.29, 0.717) is 19.3 Å². The molecule has 1 rings (SSSR count). The van der Waals surface area contributed by atoms with Gasteiger partial charge in [-0.15, -0.1) is 0 Å². The van der Waals surface area contributed by atoms with Gasteiger partial charge in [-0.05, 0) is 26.3 Å². The number of likely N-dealkylation sites (N-methyl/N-ethyl adjacent to an activating group) is 1. The van der Waals surface area contributed by atoms with Gasteiger partial charge in [-0.25, -0.2) is 8.42 Å². The van der Waals surface area contributed by atoms with E-state index < -0.39 is 26.6 Å². The molecular formula is C8H15NO4S. The summed E-state index contributed by atoms with van der Waals surface area (Å²) in [4.78, 5) is 11.1. The van der Waals surface area contributed by atoms with E-state index in [1.54, 1.807) is 0 Å². The second-order valence-electron chi connectivity index (χ2n) is 3.74. The van der Waals surface area contributed by atoms with E-state index in [-0.39, 0.29) is 0 Å². The Kier molecular flexibility index (Phi) is 2.87. The number of hydrogen-bond donors (Lipinski definition) is 2. The molecule has 2 atom stereocenters. The number of carbonyl (C=O) groups is 1. The highest BCUT2D eigenvalue weighted by atomic mass is 32.2. The molecule has 0 radical (unpaired) electrons. The van der Waals surface area contributed by atoms with Gasteiger partial charge in [0.2, 0.25) is 0 Å². The van der Waals surface area contributed by atoms with Crippen LogP contribution in [0.2, 0.25) is 0 Å². The molecule has 0 aliphatic heterocycles. The van der Waals surface area contributed by atoms with Gasteiger partial charge in [0.15, 0.2) is 9.84 Å². The van der Waals surface area contributed by atoms with E-state index >= 15 is 0 Å². The van der Waals surface area contributed by atoms with Gasteiger partial charge in [-0.1, -0.05) is 0 Å². The first kappa shape index (κ1) is 11.5. The van der Waals surface area contributed by atoms with Crippen molar-refractivity contribution in [2.24, 2.45) is 0 Å². The van der Waals surface area contributed by atoms with E-state index in [9.17, 15) is 13.2 Å². The van der Waals surface area contributed by atoms with Crippen LogP contribution in [0.1, 0.15) is 19.3 Å². The van der Waals surface area contributed by atoms with Gasteiger partial charge in [-0.2, -0.15) is 0 Å². The van der Waals surface area contributed by atoms with Gasteiger partial charge >= 0.3 is 5.97 Å². The van der Waals surface area contributed by atoms with Crippen LogP contribution < -0.4 is 5.32 Å². The molecule has 1 aliphatic rings. The van der Waals surface area contributed by atoms with Crippen LogP contribution in [0.15, 0.2) is 0 Å². The van der Waals surface area contributed by atoms with Crippen molar-refractivity contribution in [3.63, 3.8) is 0 Å². The molecule has 0 spiro atoms. The predicted molar refractivity (Wildman–Crippen MR) is 51.9 cm³/mol. The van der Waals surface area contributed by atoms with Crippen molar-refractivity contribution in [2.75, 3.05) is 13.3 Å². The second-order valence-corrected chi connectivity index (χ2v) is 5.96. The molecule has 6 heteroatoms. The molecule has 0 saturated heterocycles. The molecule has 1 fully saturated rings. The number of carboxylic acids is 1. The largest absolute Gasteiger partial charge is 0.480 e. The molecule has 0 bridgehead atoms. The Morgan fingerprint density at radius 3 is 2.43 bits per heavy atom. The Hall–Kier alpha value is -0.620. The van der Waals surface area contributed by atoms with Crippen LogP contribution in [0.4, 0.5) is 0 Å². The van der Waals surface area contributed by atoms with Crippen LogP contribution in [-0.2, 0) is 14.6 Å². The van der Waals surface area contributed by atoms with E-state index in [2.05, 4.69) is 5.32 Å². The summed E-state index contributed by atoms with van der Waals surface area (Å²) < 4.78 is 22.8. The van der Waals surface area contributed by atoms with Crippen molar-refractivity contribution in [3.8, 4) is 0 Å². The number of sulfone groups is 1. The maximum atomic E-state index is 11.4. The summed E-state index contributed by atoms with van der Waals surface area (Å²) >= 11 is 0. The molecule has 0 aromatic rings. The highest BCUT2D eigenvalue weighted by molar-refractivity contribution is 7.91. The fourth-order valence-corrected chi connectivity index (χ4v) is 3.85. The Morgan fingerprint density at radius 1 is 1.57 bits per heavy atom. The molecule has 2 unspecified atom stereocenters. The van der Waals surface area contributed by atoms with Crippen LogP contribution in [0, 0.1) is 0 Å². The SMILES string of the molecule is CNC1(C(=O)O)CCCC1S(C)(=O)=O. The second kappa shape index (κ2) is 3.51. The fourth-order valence-electron chi connectivity index (χ4n) is 2.19. The lowest BCUT2D eigenvalue weighted by atomic mass is 9.98. The number of carboxylic acid groups (broad SMARTS) is 1. The van der Waals surface area contributed by atoms with Crippen molar-refractivity contribution in [2.45, 2.75) is 30.1 Å². The molecule has 0 heterocycles. The third kappa shape index (κ3) is 1.64. The monoisotopic (exact) mass is 221 g/mol. The number of hydrogen-bond acceptors (Lipinski definition) is 4. The number of nitrogens with one attached hydrogen (secondary N) is 1. The van der Waals surface area contributed by atoms with Crippen LogP contribution in [0.5, 0.6) is 0 Å². The zero-order valence-corrected chi connectivity index (χ0v) is 9.10. The third-order valence-electron chi connectivity index (χ3n) is 2.93. The first-order chi connectivity index (χ1) is 6.34. The summed E-state index contributed by atoms with van der Waals surface area (Å²) in [5.41, 5.74) is -1.28. The average Bonchev–Trinajstić information content (AvgIpc) is 2.47. The van der Waals surface area contributed by atoms with Gasteiger partial charge < -0.3 is 10.4 Å². The Labute approximate surface area is 83.4 Å². The lowest BCUT2D eigenvalue weighted by molar-refractivity contribution is -0.144. The van der Waals surface area contributed by atoms with Gasteiger partial charge in [0.05, 0.1) is 5.25 Å². The van der Waals surface area contributed by atoms with Crippen molar-refractivity contribution in [1.82, 2.24) is 5.32 Å². The van der Waals surface area contributed by atoms with Crippen LogP contribution in [0.25, 0.3) is 0 Å². The Balaban J connectivity index is 3.14. The summed E-state index contributed by atoms with van der Waals surface area (Å²) in [6.07, 6.45) is 2.52. The van der Waals surface area contributed by atoms with Gasteiger partial charge in [0.25, 0.3) is 0 Å². The Bertz CT molecular complexity index is 337. The quantitative estimate of drug-likeness (QED) is 0.679. The minimum Gasteiger partial charge on any atom is -0.480 e. The first-order valence-electron chi connectivity index (χ1n) is 4.46. The number of rotatable bonds is 3. The molecule has 0 aromatic carbocycles. The van der Waals surface area contributed by atoms with E-state index in [4.69, 9.17) is 5.11 Å². The number of aliphatic carboxylic acids is 1. The van der Waals surface area contributed by atoms with Gasteiger partial charge in [-0.3, -0.25) is 4.79 Å². The van der Waals surface area contributed by atoms with Gasteiger partial charge in [0.1, 0.15) is 5.54 Å². The summed E-state index contributed by atoms with van der Waals surface area (Å²) in [5.74, 6) is -1.08. The van der Waals surface area contributed by atoms with Gasteiger partial charge in [0, 0.05) is 6.26 Å². The van der Waals surface area contributed by atoms with Crippen molar-refractivity contribution < 1.29 is 18.3 Å². The van der Waals surface area contributed by atoms with E-state index in [0.717, 1.165) is 6.26 Å². The van der Waals surface area contributed by atoms with Crippen molar-refractivity contribution >= 4 is 15.8 Å². The van der Waals surface area contributed by atoms with Crippen molar-refractivity contribution in [3.05, 3.63) is 0 Å². The van der Waals surface area contributed by atoms with Crippen molar-refractivity contribution in [1.29, 1.82) is 0 Å².